The summed E-state index contributed by atoms with van der Waals surface area (Å²) in [4.78, 5) is 16.6. The van der Waals surface area contributed by atoms with E-state index >= 15 is 0 Å². The number of likely N-dealkylation sites (tertiary alicyclic amines) is 1. The molecule has 1 aromatic heterocycles. The van der Waals surface area contributed by atoms with Gasteiger partial charge in [0.05, 0.1) is 18.4 Å². The number of aromatic amines is 1. The summed E-state index contributed by atoms with van der Waals surface area (Å²) in [7, 11) is 0. The van der Waals surface area contributed by atoms with Crippen LogP contribution < -0.4 is 9.64 Å². The summed E-state index contributed by atoms with van der Waals surface area (Å²) in [5.41, 5.74) is 1.91. The fourth-order valence-electron chi connectivity index (χ4n) is 3.25. The van der Waals surface area contributed by atoms with Gasteiger partial charge in [-0.25, -0.2) is 4.79 Å². The molecule has 23 heavy (non-hydrogen) atoms. The third-order valence-electron chi connectivity index (χ3n) is 4.46. The number of nitrogens with zero attached hydrogens (tertiary/aromatic N) is 3. The number of hydrogen-bond acceptors (Lipinski definition) is 3. The fraction of sp³-hybridized carbons (Fsp3) is 0.375. The van der Waals surface area contributed by atoms with Crippen LogP contribution in [0.2, 0.25) is 5.02 Å². The van der Waals surface area contributed by atoms with Gasteiger partial charge in [-0.2, -0.15) is 5.10 Å². The summed E-state index contributed by atoms with van der Waals surface area (Å²) < 4.78 is 5.62. The number of aromatic nitrogens is 2. The zero-order valence-corrected chi connectivity index (χ0v) is 13.3. The number of carbonyl (C=O) groups is 1. The van der Waals surface area contributed by atoms with Crippen molar-refractivity contribution in [2.45, 2.75) is 12.3 Å². The van der Waals surface area contributed by atoms with Crippen LogP contribution in [0, 0.1) is 0 Å². The molecule has 7 heteroatoms. The maximum Gasteiger partial charge on any atom is 0.324 e. The molecule has 0 radical (unpaired) electrons. The highest BCUT2D eigenvalue weighted by atomic mass is 35.5. The van der Waals surface area contributed by atoms with Crippen molar-refractivity contribution in [3.63, 3.8) is 0 Å². The van der Waals surface area contributed by atoms with Gasteiger partial charge in [-0.3, -0.25) is 10.00 Å². The second-order valence-electron chi connectivity index (χ2n) is 5.86. The molecule has 2 aliphatic rings. The summed E-state index contributed by atoms with van der Waals surface area (Å²) in [6.45, 7) is 2.51. The van der Waals surface area contributed by atoms with E-state index in [0.29, 0.717) is 36.4 Å². The van der Waals surface area contributed by atoms with Gasteiger partial charge in [0.15, 0.2) is 0 Å². The molecular weight excluding hydrogens is 316 g/mol. The number of urea groups is 1. The van der Waals surface area contributed by atoms with E-state index in [-0.39, 0.29) is 6.03 Å². The average molecular weight is 333 g/mol. The minimum Gasteiger partial charge on any atom is -0.490 e. The molecule has 1 aromatic carbocycles. The molecule has 2 aliphatic heterocycles. The molecule has 0 bridgehead atoms. The third kappa shape index (κ3) is 2.63. The highest BCUT2D eigenvalue weighted by molar-refractivity contribution is 6.31. The first-order chi connectivity index (χ1) is 11.2. The summed E-state index contributed by atoms with van der Waals surface area (Å²) in [6, 6.07) is 5.40. The van der Waals surface area contributed by atoms with Gasteiger partial charge in [0.1, 0.15) is 12.4 Å². The number of nitrogens with one attached hydrogen (secondary N) is 1. The average Bonchev–Trinajstić information content (AvgIpc) is 3.24. The molecule has 4 rings (SSSR count). The van der Waals surface area contributed by atoms with Crippen LogP contribution in [0.3, 0.4) is 0 Å². The Balaban J connectivity index is 1.53. The molecule has 2 amide bonds. The number of benzene rings is 1. The van der Waals surface area contributed by atoms with Crippen LogP contribution in [-0.2, 0) is 0 Å². The molecule has 0 saturated carbocycles. The van der Waals surface area contributed by atoms with E-state index in [9.17, 15) is 4.79 Å². The predicted molar refractivity (Wildman–Crippen MR) is 87.2 cm³/mol. The summed E-state index contributed by atoms with van der Waals surface area (Å²) in [6.07, 6.45) is 4.70. The van der Waals surface area contributed by atoms with Gasteiger partial charge < -0.3 is 9.64 Å². The van der Waals surface area contributed by atoms with Gasteiger partial charge >= 0.3 is 6.03 Å². The number of carbonyl (C=O) groups excluding carboxylic acids is 1. The number of ether oxygens (including phenoxy) is 1. The maximum atomic E-state index is 12.9. The van der Waals surface area contributed by atoms with E-state index in [1.165, 1.54) is 0 Å². The van der Waals surface area contributed by atoms with Crippen LogP contribution >= 0.6 is 11.6 Å². The van der Waals surface area contributed by atoms with Crippen molar-refractivity contribution in [3.8, 4) is 5.75 Å². The molecule has 1 atom stereocenters. The minimum absolute atomic E-state index is 0.0165. The standard InChI is InChI=1S/C16H17ClN4O2/c17-13-1-2-15-14(7-13)21(5-6-23-15)16(22)20-4-3-11(10-20)12-8-18-19-9-12/h1-2,7-9,11H,3-6,10H2,(H,18,19). The number of H-pyrrole nitrogens is 1. The van der Waals surface area contributed by atoms with E-state index in [2.05, 4.69) is 10.2 Å². The summed E-state index contributed by atoms with van der Waals surface area (Å²) in [5, 5.41) is 7.44. The zero-order chi connectivity index (χ0) is 15.8. The molecule has 3 heterocycles. The van der Waals surface area contributed by atoms with Gasteiger partial charge in [0.25, 0.3) is 0 Å². The third-order valence-corrected chi connectivity index (χ3v) is 4.70. The molecule has 1 saturated heterocycles. The van der Waals surface area contributed by atoms with Crippen LogP contribution in [-0.4, -0.2) is 47.4 Å². The molecule has 1 fully saturated rings. The van der Waals surface area contributed by atoms with Gasteiger partial charge in [0.2, 0.25) is 0 Å². The number of hydrogen-bond donors (Lipinski definition) is 1. The zero-order valence-electron chi connectivity index (χ0n) is 12.5. The fourth-order valence-corrected chi connectivity index (χ4v) is 3.42. The first-order valence-electron chi connectivity index (χ1n) is 7.70. The number of halogens is 1. The van der Waals surface area contributed by atoms with Gasteiger partial charge in [0, 0.05) is 30.2 Å². The minimum atomic E-state index is 0.0165. The Kier molecular flexibility index (Phi) is 3.61. The van der Waals surface area contributed by atoms with Crippen molar-refractivity contribution < 1.29 is 9.53 Å². The van der Waals surface area contributed by atoms with Gasteiger partial charge in [-0.05, 0) is 30.2 Å². The molecule has 0 aliphatic carbocycles. The lowest BCUT2D eigenvalue weighted by Crippen LogP contribution is -2.45. The number of rotatable bonds is 1. The first kappa shape index (κ1) is 14.4. The normalized spacial score (nSPS) is 20.3. The van der Waals surface area contributed by atoms with Crippen LogP contribution in [0.25, 0.3) is 0 Å². The Bertz CT molecular complexity index is 719. The van der Waals surface area contributed by atoms with Crippen molar-refractivity contribution in [3.05, 3.63) is 41.2 Å². The van der Waals surface area contributed by atoms with Gasteiger partial charge in [-0.1, -0.05) is 11.6 Å². The monoisotopic (exact) mass is 332 g/mol. The largest absolute Gasteiger partial charge is 0.490 e. The summed E-state index contributed by atoms with van der Waals surface area (Å²) in [5.74, 6) is 1.05. The lowest BCUT2D eigenvalue weighted by Gasteiger charge is -2.32. The van der Waals surface area contributed by atoms with Crippen LogP contribution in [0.1, 0.15) is 17.9 Å². The molecule has 2 aromatic rings. The lowest BCUT2D eigenvalue weighted by molar-refractivity contribution is 0.209. The second-order valence-corrected chi connectivity index (χ2v) is 6.29. The van der Waals surface area contributed by atoms with Crippen molar-refractivity contribution >= 4 is 23.3 Å². The maximum absolute atomic E-state index is 12.9. The van der Waals surface area contributed by atoms with E-state index in [1.807, 2.05) is 23.4 Å². The molecular formula is C16H17ClN4O2. The first-order valence-corrected chi connectivity index (χ1v) is 8.07. The highest BCUT2D eigenvalue weighted by Crippen LogP contribution is 2.35. The van der Waals surface area contributed by atoms with Crippen molar-refractivity contribution in [2.24, 2.45) is 0 Å². The van der Waals surface area contributed by atoms with Gasteiger partial charge in [-0.15, -0.1) is 0 Å². The Labute approximate surface area is 139 Å². The highest BCUT2D eigenvalue weighted by Gasteiger charge is 2.33. The van der Waals surface area contributed by atoms with Crippen molar-refractivity contribution in [1.29, 1.82) is 0 Å². The smallest absolute Gasteiger partial charge is 0.324 e. The van der Waals surface area contributed by atoms with Crippen LogP contribution in [0.5, 0.6) is 5.75 Å². The quantitative estimate of drug-likeness (QED) is 0.873. The number of anilines is 1. The van der Waals surface area contributed by atoms with E-state index in [1.54, 1.807) is 17.0 Å². The number of amides is 2. The van der Waals surface area contributed by atoms with E-state index in [4.69, 9.17) is 16.3 Å². The Morgan fingerprint density at radius 2 is 2.30 bits per heavy atom. The molecule has 120 valence electrons. The second kappa shape index (κ2) is 5.77. The SMILES string of the molecule is O=C(N1CCC(c2cn[nH]c2)C1)N1CCOc2ccc(Cl)cc21. The Hall–Kier alpha value is -2.21. The molecule has 0 spiro atoms. The van der Waals surface area contributed by atoms with Crippen molar-refractivity contribution in [1.82, 2.24) is 15.1 Å². The Morgan fingerprint density at radius 3 is 3.13 bits per heavy atom. The molecule has 1 unspecified atom stereocenters. The molecule has 1 N–H and O–H groups in total. The number of fused-ring (bicyclic) bond motifs is 1. The van der Waals surface area contributed by atoms with Crippen LogP contribution in [0.4, 0.5) is 10.5 Å². The van der Waals surface area contributed by atoms with E-state index < -0.39 is 0 Å². The predicted octanol–water partition coefficient (Wildman–Crippen LogP) is 2.87. The molecule has 6 nitrogen and oxygen atoms in total. The summed E-state index contributed by atoms with van der Waals surface area (Å²) >= 11 is 6.08. The lowest BCUT2D eigenvalue weighted by atomic mass is 10.0. The Morgan fingerprint density at radius 1 is 1.39 bits per heavy atom. The van der Waals surface area contributed by atoms with E-state index in [0.717, 1.165) is 24.2 Å². The topological polar surface area (TPSA) is 61.5 Å². The van der Waals surface area contributed by atoms with Crippen LogP contribution in [0.15, 0.2) is 30.6 Å². The van der Waals surface area contributed by atoms with Crippen molar-refractivity contribution in [2.75, 3.05) is 31.1 Å².